The van der Waals surface area contributed by atoms with Crippen molar-refractivity contribution in [1.82, 2.24) is 25.2 Å². The van der Waals surface area contributed by atoms with Crippen molar-refractivity contribution < 1.29 is 4.79 Å². The monoisotopic (exact) mass is 253 g/mol. The second-order valence-corrected chi connectivity index (χ2v) is 5.14. The van der Waals surface area contributed by atoms with Crippen LogP contribution in [0, 0.1) is 5.92 Å². The number of hydrogen-bond acceptors (Lipinski definition) is 4. The van der Waals surface area contributed by atoms with Crippen LogP contribution in [0.5, 0.6) is 0 Å². The highest BCUT2D eigenvalue weighted by molar-refractivity contribution is 5.81. The molecule has 1 atom stereocenters. The molecule has 0 aliphatic heterocycles. The normalized spacial score (nSPS) is 12.8. The molecule has 0 aromatic carbocycles. The van der Waals surface area contributed by atoms with Gasteiger partial charge >= 0.3 is 0 Å². The summed E-state index contributed by atoms with van der Waals surface area (Å²) in [5.41, 5.74) is 0.968. The third-order valence-electron chi connectivity index (χ3n) is 2.78. The van der Waals surface area contributed by atoms with Gasteiger partial charge in [-0.05, 0) is 12.3 Å². The number of carbonyl (C=O) groups excluding carboxylic acids is 1. The Hall–Kier alpha value is -1.43. The Morgan fingerprint density at radius 3 is 2.61 bits per heavy atom. The van der Waals surface area contributed by atoms with Gasteiger partial charge in [0, 0.05) is 27.7 Å². The Morgan fingerprint density at radius 1 is 1.50 bits per heavy atom. The lowest BCUT2D eigenvalue weighted by molar-refractivity contribution is -0.131. The Bertz CT molecular complexity index is 386. The number of aromatic nitrogens is 3. The number of carbonyl (C=O) groups is 1. The Balaban J connectivity index is 2.61. The number of likely N-dealkylation sites (N-methyl/N-ethyl adjacent to an activating group) is 1. The second kappa shape index (κ2) is 6.49. The number of rotatable bonds is 6. The molecule has 0 spiro atoms. The summed E-state index contributed by atoms with van der Waals surface area (Å²) in [7, 11) is 5.40. The van der Waals surface area contributed by atoms with Crippen LogP contribution in [-0.2, 0) is 18.4 Å². The number of hydrogen-bond donors (Lipinski definition) is 1. The molecular weight excluding hydrogens is 230 g/mol. The van der Waals surface area contributed by atoms with Gasteiger partial charge in [0.05, 0.1) is 17.9 Å². The standard InChI is InChI=1S/C12H23N5O/c1-9(2)6-11(12(18)16(3)4)13-7-10-8-14-15-17(10)5/h8-9,11,13H,6-7H2,1-5H3. The number of nitrogens with zero attached hydrogens (tertiary/aromatic N) is 4. The van der Waals surface area contributed by atoms with Crippen LogP contribution in [0.4, 0.5) is 0 Å². The minimum absolute atomic E-state index is 0.110. The first kappa shape index (κ1) is 14.6. The third kappa shape index (κ3) is 4.10. The molecule has 1 N–H and O–H groups in total. The molecule has 0 aliphatic rings. The smallest absolute Gasteiger partial charge is 0.239 e. The first-order valence-electron chi connectivity index (χ1n) is 6.20. The van der Waals surface area contributed by atoms with Crippen molar-refractivity contribution in [2.45, 2.75) is 32.9 Å². The van der Waals surface area contributed by atoms with Gasteiger partial charge in [-0.1, -0.05) is 19.1 Å². The highest BCUT2D eigenvalue weighted by Crippen LogP contribution is 2.07. The molecule has 0 fully saturated rings. The molecule has 18 heavy (non-hydrogen) atoms. The zero-order valence-electron chi connectivity index (χ0n) is 11.8. The van der Waals surface area contributed by atoms with Gasteiger partial charge in [0.1, 0.15) is 0 Å². The number of amides is 1. The molecule has 1 rings (SSSR count). The first-order valence-corrected chi connectivity index (χ1v) is 6.20. The van der Waals surface area contributed by atoms with Gasteiger partial charge in [-0.15, -0.1) is 5.10 Å². The summed E-state index contributed by atoms with van der Waals surface area (Å²) in [4.78, 5) is 13.7. The minimum Gasteiger partial charge on any atom is -0.347 e. The van der Waals surface area contributed by atoms with E-state index in [1.54, 1.807) is 29.9 Å². The first-order chi connectivity index (χ1) is 8.41. The minimum atomic E-state index is -0.158. The lowest BCUT2D eigenvalue weighted by Gasteiger charge is -2.23. The molecule has 0 saturated heterocycles. The quantitative estimate of drug-likeness (QED) is 0.797. The topological polar surface area (TPSA) is 63.1 Å². The van der Waals surface area contributed by atoms with E-state index in [0.717, 1.165) is 12.1 Å². The van der Waals surface area contributed by atoms with Crippen molar-refractivity contribution >= 4 is 5.91 Å². The zero-order chi connectivity index (χ0) is 13.7. The molecule has 0 radical (unpaired) electrons. The van der Waals surface area contributed by atoms with Crippen LogP contribution < -0.4 is 5.32 Å². The number of aryl methyl sites for hydroxylation is 1. The van der Waals surface area contributed by atoms with Gasteiger partial charge in [0.2, 0.25) is 5.91 Å². The van der Waals surface area contributed by atoms with Crippen LogP contribution in [0.2, 0.25) is 0 Å². The molecule has 0 bridgehead atoms. The van der Waals surface area contributed by atoms with Gasteiger partial charge in [-0.3, -0.25) is 9.48 Å². The van der Waals surface area contributed by atoms with Crippen molar-refractivity contribution in [3.63, 3.8) is 0 Å². The molecule has 6 heteroatoms. The summed E-state index contributed by atoms with van der Waals surface area (Å²) in [6.45, 7) is 4.83. The fourth-order valence-corrected chi connectivity index (χ4v) is 1.75. The average molecular weight is 253 g/mol. The van der Waals surface area contributed by atoms with E-state index in [0.29, 0.717) is 12.5 Å². The fourth-order valence-electron chi connectivity index (χ4n) is 1.75. The maximum absolute atomic E-state index is 12.0. The molecule has 102 valence electrons. The summed E-state index contributed by atoms with van der Waals surface area (Å²) in [6, 6.07) is -0.158. The molecule has 1 amide bonds. The molecule has 1 heterocycles. The highest BCUT2D eigenvalue weighted by Gasteiger charge is 2.21. The average Bonchev–Trinajstić information content (AvgIpc) is 2.68. The van der Waals surface area contributed by atoms with Gasteiger partial charge in [0.25, 0.3) is 0 Å². The molecule has 1 aromatic heterocycles. The fraction of sp³-hybridized carbons (Fsp3) is 0.750. The van der Waals surface area contributed by atoms with Gasteiger partial charge in [-0.25, -0.2) is 0 Å². The van der Waals surface area contributed by atoms with E-state index >= 15 is 0 Å². The van der Waals surface area contributed by atoms with E-state index in [-0.39, 0.29) is 11.9 Å². The van der Waals surface area contributed by atoms with Crippen molar-refractivity contribution in [2.24, 2.45) is 13.0 Å². The Morgan fingerprint density at radius 2 is 2.17 bits per heavy atom. The lowest BCUT2D eigenvalue weighted by atomic mass is 10.0. The van der Waals surface area contributed by atoms with Crippen molar-refractivity contribution in [2.75, 3.05) is 14.1 Å². The van der Waals surface area contributed by atoms with Crippen molar-refractivity contribution in [3.8, 4) is 0 Å². The van der Waals surface area contributed by atoms with Crippen LogP contribution in [0.15, 0.2) is 6.20 Å². The van der Waals surface area contributed by atoms with E-state index in [1.807, 2.05) is 7.05 Å². The predicted molar refractivity (Wildman–Crippen MR) is 69.8 cm³/mol. The van der Waals surface area contributed by atoms with Crippen LogP contribution in [0.1, 0.15) is 26.0 Å². The van der Waals surface area contributed by atoms with Crippen molar-refractivity contribution in [1.29, 1.82) is 0 Å². The second-order valence-electron chi connectivity index (χ2n) is 5.14. The molecule has 6 nitrogen and oxygen atoms in total. The molecule has 1 aromatic rings. The maximum atomic E-state index is 12.0. The SMILES string of the molecule is CC(C)CC(NCc1cnnn1C)C(=O)N(C)C. The van der Waals surface area contributed by atoms with E-state index < -0.39 is 0 Å². The molecule has 0 aliphatic carbocycles. The van der Waals surface area contributed by atoms with E-state index in [4.69, 9.17) is 0 Å². The van der Waals surface area contributed by atoms with E-state index in [2.05, 4.69) is 29.5 Å². The molecule has 1 unspecified atom stereocenters. The maximum Gasteiger partial charge on any atom is 0.239 e. The Kier molecular flexibility index (Phi) is 5.27. The van der Waals surface area contributed by atoms with Crippen LogP contribution in [0.25, 0.3) is 0 Å². The van der Waals surface area contributed by atoms with Crippen LogP contribution >= 0.6 is 0 Å². The van der Waals surface area contributed by atoms with Gasteiger partial charge in [-0.2, -0.15) is 0 Å². The van der Waals surface area contributed by atoms with Crippen LogP contribution in [0.3, 0.4) is 0 Å². The highest BCUT2D eigenvalue weighted by atomic mass is 16.2. The van der Waals surface area contributed by atoms with Gasteiger partial charge < -0.3 is 10.2 Å². The van der Waals surface area contributed by atoms with Crippen LogP contribution in [-0.4, -0.2) is 45.9 Å². The molecule has 0 saturated carbocycles. The third-order valence-corrected chi connectivity index (χ3v) is 2.78. The summed E-state index contributed by atoms with van der Waals surface area (Å²) < 4.78 is 1.71. The summed E-state index contributed by atoms with van der Waals surface area (Å²) >= 11 is 0. The van der Waals surface area contributed by atoms with E-state index in [9.17, 15) is 4.79 Å². The van der Waals surface area contributed by atoms with Crippen molar-refractivity contribution in [3.05, 3.63) is 11.9 Å². The summed E-state index contributed by atoms with van der Waals surface area (Å²) in [5, 5.41) is 11.0. The molecular formula is C12H23N5O. The summed E-state index contributed by atoms with van der Waals surface area (Å²) in [6.07, 6.45) is 2.53. The largest absolute Gasteiger partial charge is 0.347 e. The lowest BCUT2D eigenvalue weighted by Crippen LogP contribution is -2.44. The predicted octanol–water partition coefficient (Wildman–Crippen LogP) is 0.408. The van der Waals surface area contributed by atoms with E-state index in [1.165, 1.54) is 0 Å². The summed E-state index contributed by atoms with van der Waals surface area (Å²) in [5.74, 6) is 0.579. The zero-order valence-corrected chi connectivity index (χ0v) is 11.8. The van der Waals surface area contributed by atoms with Gasteiger partial charge in [0.15, 0.2) is 0 Å². The number of nitrogens with one attached hydrogen (secondary N) is 1. The Labute approximate surface area is 108 Å².